The molecule has 2 N–H and O–H groups in total. The van der Waals surface area contributed by atoms with Crippen molar-refractivity contribution in [3.63, 3.8) is 0 Å². The largest absolute Gasteiger partial charge is 0.343 e. The van der Waals surface area contributed by atoms with Crippen LogP contribution in [0.5, 0.6) is 0 Å². The molecule has 1 heterocycles. The van der Waals surface area contributed by atoms with Crippen LogP contribution < -0.4 is 10.6 Å². The standard InChI is InChI=1S/C13H16BN3O2/c1-15-13(19)16-10-7-11(17(8-10)12(14)18)9-5-3-2-4-6-9/h2-6,10-11H,7-8H2,1H3,(H2,15,16,19). The molecule has 2 unspecified atom stereocenters. The Balaban J connectivity index is 2.13. The van der Waals surface area contributed by atoms with E-state index in [2.05, 4.69) is 10.6 Å². The Morgan fingerprint density at radius 1 is 1.32 bits per heavy atom. The molecule has 19 heavy (non-hydrogen) atoms. The molecule has 1 aliphatic heterocycles. The molecule has 2 rings (SSSR count). The summed E-state index contributed by atoms with van der Waals surface area (Å²) < 4.78 is 0. The van der Waals surface area contributed by atoms with Gasteiger partial charge in [0.05, 0.1) is 12.1 Å². The van der Waals surface area contributed by atoms with Crippen molar-refractivity contribution < 1.29 is 9.59 Å². The summed E-state index contributed by atoms with van der Waals surface area (Å²) in [4.78, 5) is 24.4. The maximum atomic E-state index is 11.5. The van der Waals surface area contributed by atoms with Crippen molar-refractivity contribution >= 4 is 19.7 Å². The first kappa shape index (κ1) is 13.5. The summed E-state index contributed by atoms with van der Waals surface area (Å²) in [7, 11) is 6.97. The molecule has 1 aromatic carbocycles. The van der Waals surface area contributed by atoms with Gasteiger partial charge in [-0.1, -0.05) is 30.3 Å². The van der Waals surface area contributed by atoms with Crippen molar-refractivity contribution in [2.24, 2.45) is 0 Å². The van der Waals surface area contributed by atoms with Crippen molar-refractivity contribution in [2.45, 2.75) is 18.5 Å². The number of likely N-dealkylation sites (tertiary alicyclic amines) is 1. The van der Waals surface area contributed by atoms with Crippen molar-refractivity contribution in [3.05, 3.63) is 35.9 Å². The van der Waals surface area contributed by atoms with Crippen molar-refractivity contribution in [2.75, 3.05) is 13.6 Å². The summed E-state index contributed by atoms with van der Waals surface area (Å²) >= 11 is 0. The number of nitrogens with one attached hydrogen (secondary N) is 2. The highest BCUT2D eigenvalue weighted by Crippen LogP contribution is 2.31. The van der Waals surface area contributed by atoms with Gasteiger partial charge >= 0.3 is 6.03 Å². The third kappa shape index (κ3) is 3.07. The molecule has 6 heteroatoms. The number of carbonyl (C=O) groups excluding carboxylic acids is 2. The summed E-state index contributed by atoms with van der Waals surface area (Å²) in [6.07, 6.45) is 0.667. The summed E-state index contributed by atoms with van der Waals surface area (Å²) in [5, 5.41) is 5.32. The number of hydrogen-bond donors (Lipinski definition) is 2. The van der Waals surface area contributed by atoms with Gasteiger partial charge in [-0.25, -0.2) is 4.79 Å². The van der Waals surface area contributed by atoms with E-state index in [1.165, 1.54) is 0 Å². The summed E-state index contributed by atoms with van der Waals surface area (Å²) in [6, 6.07) is 9.28. The smallest absolute Gasteiger partial charge is 0.314 e. The molecule has 2 atom stereocenters. The van der Waals surface area contributed by atoms with Gasteiger partial charge < -0.3 is 15.5 Å². The highest BCUT2D eigenvalue weighted by Gasteiger charge is 2.34. The van der Waals surface area contributed by atoms with Crippen LogP contribution in [0.3, 0.4) is 0 Å². The number of urea groups is 1. The van der Waals surface area contributed by atoms with E-state index in [9.17, 15) is 9.59 Å². The maximum absolute atomic E-state index is 11.5. The lowest BCUT2D eigenvalue weighted by Gasteiger charge is -2.23. The molecule has 0 spiro atoms. The predicted octanol–water partition coefficient (Wildman–Crippen LogP) is 1.02. The van der Waals surface area contributed by atoms with E-state index in [4.69, 9.17) is 7.85 Å². The van der Waals surface area contributed by atoms with E-state index in [1.54, 1.807) is 11.9 Å². The van der Waals surface area contributed by atoms with E-state index in [0.717, 1.165) is 5.56 Å². The average molecular weight is 257 g/mol. The zero-order valence-corrected chi connectivity index (χ0v) is 10.8. The van der Waals surface area contributed by atoms with E-state index in [-0.39, 0.29) is 18.1 Å². The second-order valence-electron chi connectivity index (χ2n) is 4.57. The number of nitrogens with zero attached hydrogens (tertiary/aromatic N) is 1. The third-order valence-electron chi connectivity index (χ3n) is 3.33. The molecule has 0 bridgehead atoms. The van der Waals surface area contributed by atoms with E-state index >= 15 is 0 Å². The van der Waals surface area contributed by atoms with Crippen LogP contribution in [0.4, 0.5) is 9.59 Å². The first-order valence-corrected chi connectivity index (χ1v) is 6.21. The van der Waals surface area contributed by atoms with Gasteiger partial charge in [0.15, 0.2) is 5.81 Å². The normalized spacial score (nSPS) is 22.1. The molecular formula is C13H16BN3O2. The summed E-state index contributed by atoms with van der Waals surface area (Å²) in [5.74, 6) is -0.463. The molecule has 0 aliphatic carbocycles. The van der Waals surface area contributed by atoms with Crippen LogP contribution in [0.15, 0.2) is 30.3 Å². The van der Waals surface area contributed by atoms with Gasteiger partial charge in [-0.05, 0) is 12.0 Å². The Morgan fingerprint density at radius 3 is 2.58 bits per heavy atom. The summed E-state index contributed by atoms with van der Waals surface area (Å²) in [5.41, 5.74) is 1.03. The van der Waals surface area contributed by atoms with Crippen LogP contribution in [0.1, 0.15) is 18.0 Å². The fourth-order valence-electron chi connectivity index (χ4n) is 2.43. The second kappa shape index (κ2) is 5.78. The van der Waals surface area contributed by atoms with Gasteiger partial charge in [-0.3, -0.25) is 4.79 Å². The predicted molar refractivity (Wildman–Crippen MR) is 73.0 cm³/mol. The van der Waals surface area contributed by atoms with Crippen LogP contribution >= 0.6 is 0 Å². The average Bonchev–Trinajstić information content (AvgIpc) is 2.83. The fourth-order valence-corrected chi connectivity index (χ4v) is 2.43. The van der Waals surface area contributed by atoms with Gasteiger partial charge in [0, 0.05) is 13.6 Å². The maximum Gasteiger partial charge on any atom is 0.314 e. The molecular weight excluding hydrogens is 241 g/mol. The minimum atomic E-state index is -0.463. The Morgan fingerprint density at radius 2 is 2.00 bits per heavy atom. The van der Waals surface area contributed by atoms with E-state index in [0.29, 0.717) is 13.0 Å². The first-order chi connectivity index (χ1) is 9.11. The van der Waals surface area contributed by atoms with Crippen LogP contribution in [0, 0.1) is 0 Å². The van der Waals surface area contributed by atoms with Gasteiger partial charge in [0.1, 0.15) is 0 Å². The SMILES string of the molecule is [B]C(=O)N1CC(NC(=O)NC)CC1c1ccccc1. The molecule has 98 valence electrons. The van der Waals surface area contributed by atoms with Gasteiger partial charge in [0.25, 0.3) is 0 Å². The van der Waals surface area contributed by atoms with E-state index < -0.39 is 5.81 Å². The fraction of sp³-hybridized carbons (Fsp3) is 0.385. The molecule has 1 saturated heterocycles. The highest BCUT2D eigenvalue weighted by molar-refractivity contribution is 6.57. The Hall–Kier alpha value is -1.98. The lowest BCUT2D eigenvalue weighted by molar-refractivity contribution is 0.215. The quantitative estimate of drug-likeness (QED) is 0.777. The second-order valence-corrected chi connectivity index (χ2v) is 4.57. The van der Waals surface area contributed by atoms with Crippen LogP contribution in [-0.4, -0.2) is 44.2 Å². The molecule has 0 saturated carbocycles. The van der Waals surface area contributed by atoms with Crippen molar-refractivity contribution in [1.82, 2.24) is 15.5 Å². The topological polar surface area (TPSA) is 61.4 Å². The van der Waals surface area contributed by atoms with Gasteiger partial charge in [-0.2, -0.15) is 0 Å². The molecule has 3 amide bonds. The zero-order valence-electron chi connectivity index (χ0n) is 10.8. The Kier molecular flexibility index (Phi) is 4.09. The van der Waals surface area contributed by atoms with Gasteiger partial charge in [0.2, 0.25) is 7.85 Å². The van der Waals surface area contributed by atoms with Gasteiger partial charge in [-0.15, -0.1) is 0 Å². The number of hydrogen-bond acceptors (Lipinski definition) is 2. The van der Waals surface area contributed by atoms with Crippen molar-refractivity contribution in [3.8, 4) is 0 Å². The number of rotatable bonds is 2. The molecule has 1 fully saturated rings. The minimum absolute atomic E-state index is 0.0825. The van der Waals surface area contributed by atoms with Crippen molar-refractivity contribution in [1.29, 1.82) is 0 Å². The van der Waals surface area contributed by atoms with E-state index in [1.807, 2.05) is 30.3 Å². The highest BCUT2D eigenvalue weighted by atomic mass is 16.2. The zero-order chi connectivity index (χ0) is 13.8. The monoisotopic (exact) mass is 257 g/mol. The number of amides is 3. The Bertz CT molecular complexity index is 466. The minimum Gasteiger partial charge on any atom is -0.343 e. The summed E-state index contributed by atoms with van der Waals surface area (Å²) in [6.45, 7) is 0.433. The molecule has 0 aromatic heterocycles. The van der Waals surface area contributed by atoms with Crippen LogP contribution in [0.2, 0.25) is 0 Å². The molecule has 2 radical (unpaired) electrons. The molecule has 1 aromatic rings. The number of carbonyl (C=O) groups is 2. The Labute approximate surface area is 113 Å². The molecule has 1 aliphatic rings. The van der Waals surface area contributed by atoms with Crippen LogP contribution in [-0.2, 0) is 0 Å². The molecule has 5 nitrogen and oxygen atoms in total. The third-order valence-corrected chi connectivity index (χ3v) is 3.33. The first-order valence-electron chi connectivity index (χ1n) is 6.21. The lowest BCUT2D eigenvalue weighted by Crippen LogP contribution is -2.42. The van der Waals surface area contributed by atoms with Crippen LogP contribution in [0.25, 0.3) is 0 Å². The lowest BCUT2D eigenvalue weighted by atomic mass is 10.0. The number of benzene rings is 1.